The second-order valence-corrected chi connectivity index (χ2v) is 7.92. The van der Waals surface area contributed by atoms with Gasteiger partial charge in [-0.05, 0) is 32.9 Å². The Labute approximate surface area is 157 Å². The predicted molar refractivity (Wildman–Crippen MR) is 99.2 cm³/mol. The van der Waals surface area contributed by atoms with Gasteiger partial charge in [0.05, 0.1) is 11.7 Å². The molecule has 2 aliphatic rings. The first-order chi connectivity index (χ1) is 12.7. The number of aromatic nitrogens is 1. The van der Waals surface area contributed by atoms with Crippen LogP contribution in [0.25, 0.3) is 10.9 Å². The first kappa shape index (κ1) is 17.7. The van der Waals surface area contributed by atoms with Gasteiger partial charge in [0.1, 0.15) is 18.8 Å². The number of ether oxygens (including phenoxy) is 1. The minimum atomic E-state index is -0.449. The minimum absolute atomic E-state index is 0.0624. The van der Waals surface area contributed by atoms with E-state index in [9.17, 15) is 14.4 Å². The highest BCUT2D eigenvalue weighted by molar-refractivity contribution is 6.11. The Morgan fingerprint density at radius 2 is 2.00 bits per heavy atom. The van der Waals surface area contributed by atoms with Crippen molar-refractivity contribution in [2.24, 2.45) is 0 Å². The monoisotopic (exact) mass is 369 g/mol. The molecule has 0 spiro atoms. The summed E-state index contributed by atoms with van der Waals surface area (Å²) in [6, 6.07) is 9.34. The third-order valence-corrected chi connectivity index (χ3v) is 5.08. The molecule has 1 atom stereocenters. The van der Waals surface area contributed by atoms with Crippen LogP contribution in [0, 0.1) is 0 Å². The number of rotatable bonds is 2. The van der Waals surface area contributed by atoms with Gasteiger partial charge in [-0.15, -0.1) is 0 Å². The molecule has 1 fully saturated rings. The molecule has 1 unspecified atom stereocenters. The molecule has 1 aromatic heterocycles. The number of imide groups is 1. The van der Waals surface area contributed by atoms with Crippen LogP contribution in [-0.4, -0.2) is 63.4 Å². The Morgan fingerprint density at radius 1 is 1.26 bits per heavy atom. The van der Waals surface area contributed by atoms with Gasteiger partial charge < -0.3 is 14.2 Å². The molecule has 3 amide bonds. The zero-order chi connectivity index (χ0) is 19.3. The smallest absolute Gasteiger partial charge is 0.277 e. The largest absolute Gasteiger partial charge is 0.369 e. The molecule has 1 saturated heterocycles. The fraction of sp³-hybridized carbons (Fsp3) is 0.450. The third kappa shape index (κ3) is 3.12. The molecule has 0 bridgehead atoms. The lowest BCUT2D eigenvalue weighted by atomic mass is 10.1. The Morgan fingerprint density at radius 3 is 2.74 bits per heavy atom. The van der Waals surface area contributed by atoms with Crippen LogP contribution in [0.4, 0.5) is 0 Å². The van der Waals surface area contributed by atoms with Crippen molar-refractivity contribution in [3.8, 4) is 0 Å². The van der Waals surface area contributed by atoms with E-state index in [1.54, 1.807) is 15.5 Å². The molecule has 2 aromatic rings. The minimum Gasteiger partial charge on any atom is -0.369 e. The van der Waals surface area contributed by atoms with E-state index in [2.05, 4.69) is 0 Å². The van der Waals surface area contributed by atoms with E-state index in [4.69, 9.17) is 4.74 Å². The molecule has 0 saturated carbocycles. The fourth-order valence-electron chi connectivity index (χ4n) is 4.07. The maximum atomic E-state index is 12.9. The number of hydrogen-bond donors (Lipinski definition) is 0. The maximum absolute atomic E-state index is 12.9. The zero-order valence-corrected chi connectivity index (χ0v) is 15.8. The summed E-state index contributed by atoms with van der Waals surface area (Å²) in [4.78, 5) is 41.0. The summed E-state index contributed by atoms with van der Waals surface area (Å²) in [6.45, 7) is 6.49. The van der Waals surface area contributed by atoms with Crippen molar-refractivity contribution in [1.29, 1.82) is 0 Å². The molecule has 27 heavy (non-hydrogen) atoms. The van der Waals surface area contributed by atoms with Crippen molar-refractivity contribution < 1.29 is 19.1 Å². The van der Waals surface area contributed by atoms with E-state index >= 15 is 0 Å². The molecular formula is C20H23N3O4. The summed E-state index contributed by atoms with van der Waals surface area (Å²) in [5.41, 5.74) is 0.846. The molecule has 142 valence electrons. The number of amides is 3. The van der Waals surface area contributed by atoms with Gasteiger partial charge >= 0.3 is 0 Å². The van der Waals surface area contributed by atoms with Crippen molar-refractivity contribution >= 4 is 28.6 Å². The summed E-state index contributed by atoms with van der Waals surface area (Å²) < 4.78 is 7.54. The maximum Gasteiger partial charge on any atom is 0.277 e. The summed E-state index contributed by atoms with van der Waals surface area (Å²) in [5, 5.41) is 0.908. The number of benzene rings is 1. The average molecular weight is 369 g/mol. The van der Waals surface area contributed by atoms with E-state index in [1.807, 2.05) is 45.0 Å². The summed E-state index contributed by atoms with van der Waals surface area (Å²) in [6.07, 6.45) is -0.0898. The Balaban J connectivity index is 1.57. The van der Waals surface area contributed by atoms with Crippen molar-refractivity contribution in [2.75, 3.05) is 19.6 Å². The SMILES string of the molecule is CC1CN(C(=O)CN2C(=O)Cn3c(cc4ccccc43)C2=O)CC(C)(C)O1. The molecular weight excluding hydrogens is 346 g/mol. The van der Waals surface area contributed by atoms with Gasteiger partial charge in [-0.1, -0.05) is 18.2 Å². The van der Waals surface area contributed by atoms with Gasteiger partial charge in [0.2, 0.25) is 11.8 Å². The molecule has 0 aliphatic carbocycles. The lowest BCUT2D eigenvalue weighted by molar-refractivity contribution is -0.159. The Hall–Kier alpha value is -2.67. The third-order valence-electron chi connectivity index (χ3n) is 5.08. The summed E-state index contributed by atoms with van der Waals surface area (Å²) in [7, 11) is 0. The van der Waals surface area contributed by atoms with Gasteiger partial charge in [0, 0.05) is 24.0 Å². The van der Waals surface area contributed by atoms with Gasteiger partial charge in [0.15, 0.2) is 0 Å². The highest BCUT2D eigenvalue weighted by Gasteiger charge is 2.38. The molecule has 7 heteroatoms. The molecule has 4 rings (SSSR count). The Kier molecular flexibility index (Phi) is 4.07. The van der Waals surface area contributed by atoms with E-state index in [-0.39, 0.29) is 31.0 Å². The van der Waals surface area contributed by atoms with Crippen molar-refractivity contribution in [2.45, 2.75) is 39.0 Å². The molecule has 0 radical (unpaired) electrons. The quantitative estimate of drug-likeness (QED) is 0.755. The highest BCUT2D eigenvalue weighted by Crippen LogP contribution is 2.25. The number of fused-ring (bicyclic) bond motifs is 3. The number of hydrogen-bond acceptors (Lipinski definition) is 4. The number of carbonyl (C=O) groups is 3. The van der Waals surface area contributed by atoms with Crippen LogP contribution < -0.4 is 0 Å². The van der Waals surface area contributed by atoms with Crippen LogP contribution >= 0.6 is 0 Å². The fourth-order valence-corrected chi connectivity index (χ4v) is 4.07. The van der Waals surface area contributed by atoms with Crippen LogP contribution in [0.3, 0.4) is 0 Å². The van der Waals surface area contributed by atoms with Gasteiger partial charge in [0.25, 0.3) is 5.91 Å². The normalized spacial score (nSPS) is 22.3. The van der Waals surface area contributed by atoms with Crippen LogP contribution in [0.15, 0.2) is 30.3 Å². The standard InChI is InChI=1S/C20H23N3O4/c1-13-9-21(12-20(2,3)27-13)17(24)10-23-18(25)11-22-15-7-5-4-6-14(15)8-16(22)19(23)26/h4-8,13H,9-12H2,1-3H3. The Bertz CT molecular complexity index is 946. The van der Waals surface area contributed by atoms with Crippen molar-refractivity contribution in [1.82, 2.24) is 14.4 Å². The van der Waals surface area contributed by atoms with E-state index in [1.165, 1.54) is 0 Å². The lowest BCUT2D eigenvalue weighted by Gasteiger charge is -2.42. The molecule has 0 N–H and O–H groups in total. The van der Waals surface area contributed by atoms with Crippen molar-refractivity contribution in [3.63, 3.8) is 0 Å². The first-order valence-electron chi connectivity index (χ1n) is 9.14. The van der Waals surface area contributed by atoms with E-state index < -0.39 is 11.5 Å². The van der Waals surface area contributed by atoms with E-state index in [0.717, 1.165) is 15.8 Å². The van der Waals surface area contributed by atoms with Gasteiger partial charge in [-0.2, -0.15) is 0 Å². The molecule has 2 aliphatic heterocycles. The predicted octanol–water partition coefficient (Wildman–Crippen LogP) is 1.65. The molecule has 3 heterocycles. The number of para-hydroxylation sites is 1. The van der Waals surface area contributed by atoms with Crippen LogP contribution in [0.5, 0.6) is 0 Å². The average Bonchev–Trinajstić information content (AvgIpc) is 2.95. The van der Waals surface area contributed by atoms with Gasteiger partial charge in [-0.25, -0.2) is 0 Å². The summed E-state index contributed by atoms with van der Waals surface area (Å²) in [5.74, 6) is -1.01. The van der Waals surface area contributed by atoms with Crippen molar-refractivity contribution in [3.05, 3.63) is 36.0 Å². The topological polar surface area (TPSA) is 71.9 Å². The zero-order valence-electron chi connectivity index (χ0n) is 15.8. The van der Waals surface area contributed by atoms with Crippen LogP contribution in [-0.2, 0) is 20.9 Å². The first-order valence-corrected chi connectivity index (χ1v) is 9.14. The van der Waals surface area contributed by atoms with Crippen LogP contribution in [0.1, 0.15) is 31.3 Å². The molecule has 1 aromatic carbocycles. The van der Waals surface area contributed by atoms with Crippen LogP contribution in [0.2, 0.25) is 0 Å². The highest BCUT2D eigenvalue weighted by atomic mass is 16.5. The lowest BCUT2D eigenvalue weighted by Crippen LogP contribution is -2.57. The number of morpholine rings is 1. The summed E-state index contributed by atoms with van der Waals surface area (Å²) >= 11 is 0. The molecule has 7 nitrogen and oxygen atoms in total. The number of carbonyl (C=O) groups excluding carboxylic acids is 3. The van der Waals surface area contributed by atoms with E-state index in [0.29, 0.717) is 18.8 Å². The number of nitrogens with zero attached hydrogens (tertiary/aromatic N) is 3. The van der Waals surface area contributed by atoms with Gasteiger partial charge in [-0.3, -0.25) is 19.3 Å². The second-order valence-electron chi connectivity index (χ2n) is 7.92. The second kappa shape index (κ2) is 6.20.